The maximum Gasteiger partial charge on any atom is 0.410 e. The van der Waals surface area contributed by atoms with Gasteiger partial charge in [0, 0.05) is 13.0 Å². The van der Waals surface area contributed by atoms with Crippen molar-refractivity contribution in [2.45, 2.75) is 83.1 Å². The van der Waals surface area contributed by atoms with Crippen molar-refractivity contribution in [3.8, 4) is 0 Å². The Labute approximate surface area is 179 Å². The van der Waals surface area contributed by atoms with Crippen LogP contribution in [0.15, 0.2) is 30.3 Å². The van der Waals surface area contributed by atoms with E-state index in [1.165, 1.54) is 10.5 Å². The second-order valence-corrected chi connectivity index (χ2v) is 9.24. The SMILES string of the molecule is CC(C)(C)OC(=O)N1CCC(=O)C1COC1CCC(OCCc2ccccc2)CC1. The van der Waals surface area contributed by atoms with Crippen LogP contribution in [0, 0.1) is 0 Å². The summed E-state index contributed by atoms with van der Waals surface area (Å²) in [7, 11) is 0. The molecule has 0 N–H and O–H groups in total. The molecule has 6 nitrogen and oxygen atoms in total. The van der Waals surface area contributed by atoms with Crippen LogP contribution in [0.4, 0.5) is 4.79 Å². The van der Waals surface area contributed by atoms with E-state index in [9.17, 15) is 9.59 Å². The maximum absolute atomic E-state index is 12.4. The number of amides is 1. The molecule has 1 atom stereocenters. The van der Waals surface area contributed by atoms with E-state index in [0.717, 1.165) is 38.7 Å². The normalized spacial score (nSPS) is 24.8. The molecule has 1 unspecified atom stereocenters. The van der Waals surface area contributed by atoms with E-state index in [2.05, 4.69) is 24.3 Å². The fourth-order valence-corrected chi connectivity index (χ4v) is 4.03. The summed E-state index contributed by atoms with van der Waals surface area (Å²) in [6.45, 7) is 6.88. The highest BCUT2D eigenvalue weighted by atomic mass is 16.6. The first-order valence-electron chi connectivity index (χ1n) is 11.1. The Balaban J connectivity index is 1.37. The van der Waals surface area contributed by atoms with Gasteiger partial charge in [-0.05, 0) is 58.4 Å². The third-order valence-electron chi connectivity index (χ3n) is 5.67. The van der Waals surface area contributed by atoms with Crippen molar-refractivity contribution >= 4 is 11.9 Å². The number of likely N-dealkylation sites (tertiary alicyclic amines) is 1. The summed E-state index contributed by atoms with van der Waals surface area (Å²) < 4.78 is 17.5. The van der Waals surface area contributed by atoms with Crippen LogP contribution in [0.3, 0.4) is 0 Å². The molecule has 0 radical (unpaired) electrons. The summed E-state index contributed by atoms with van der Waals surface area (Å²) in [6, 6.07) is 9.85. The van der Waals surface area contributed by atoms with Crippen LogP contribution in [0.1, 0.15) is 58.4 Å². The number of carbonyl (C=O) groups excluding carboxylic acids is 2. The predicted octanol–water partition coefficient (Wildman–Crippen LogP) is 4.15. The van der Waals surface area contributed by atoms with Crippen molar-refractivity contribution in [2.75, 3.05) is 19.8 Å². The van der Waals surface area contributed by atoms with Crippen LogP contribution in [0.5, 0.6) is 0 Å². The molecule has 0 aromatic heterocycles. The van der Waals surface area contributed by atoms with Gasteiger partial charge in [0.15, 0.2) is 5.78 Å². The molecule has 1 aliphatic carbocycles. The molecule has 2 fully saturated rings. The molecule has 1 amide bonds. The van der Waals surface area contributed by atoms with Crippen LogP contribution in [-0.4, -0.2) is 60.4 Å². The number of Topliss-reactive ketones (excluding diaryl/α,β-unsaturated/α-hetero) is 1. The number of benzene rings is 1. The number of carbonyl (C=O) groups is 2. The highest BCUT2D eigenvalue weighted by molar-refractivity contribution is 5.90. The highest BCUT2D eigenvalue weighted by Crippen LogP contribution is 2.25. The molecule has 3 rings (SSSR count). The first-order valence-corrected chi connectivity index (χ1v) is 11.1. The zero-order valence-electron chi connectivity index (χ0n) is 18.5. The van der Waals surface area contributed by atoms with Gasteiger partial charge >= 0.3 is 6.09 Å². The van der Waals surface area contributed by atoms with E-state index >= 15 is 0 Å². The van der Waals surface area contributed by atoms with Gasteiger partial charge in [-0.2, -0.15) is 0 Å². The summed E-state index contributed by atoms with van der Waals surface area (Å²) in [4.78, 5) is 26.2. The summed E-state index contributed by atoms with van der Waals surface area (Å²) in [5.74, 6) is 0.0544. The molecule has 1 aromatic carbocycles. The van der Waals surface area contributed by atoms with Crippen LogP contribution < -0.4 is 0 Å². The van der Waals surface area contributed by atoms with Gasteiger partial charge in [-0.1, -0.05) is 30.3 Å². The molecule has 2 aliphatic rings. The van der Waals surface area contributed by atoms with Crippen molar-refractivity contribution < 1.29 is 23.8 Å². The van der Waals surface area contributed by atoms with Crippen molar-refractivity contribution in [2.24, 2.45) is 0 Å². The van der Waals surface area contributed by atoms with Gasteiger partial charge in [-0.25, -0.2) is 4.79 Å². The Morgan fingerprint density at radius 1 is 1.03 bits per heavy atom. The van der Waals surface area contributed by atoms with E-state index in [1.54, 1.807) is 0 Å². The van der Waals surface area contributed by atoms with Crippen LogP contribution in [0.2, 0.25) is 0 Å². The standard InChI is InChI=1S/C24H35NO5/c1-24(2,3)30-23(27)25-15-13-22(26)21(25)17-29-20-11-9-19(10-12-20)28-16-14-18-7-5-4-6-8-18/h4-8,19-21H,9-17H2,1-3H3. The molecule has 1 aliphatic heterocycles. The largest absolute Gasteiger partial charge is 0.444 e. The molecule has 30 heavy (non-hydrogen) atoms. The van der Waals surface area contributed by atoms with Gasteiger partial charge in [-0.3, -0.25) is 9.69 Å². The first kappa shape index (κ1) is 22.8. The Morgan fingerprint density at radius 2 is 1.67 bits per heavy atom. The smallest absolute Gasteiger partial charge is 0.410 e. The number of ketones is 1. The highest BCUT2D eigenvalue weighted by Gasteiger charge is 2.38. The molecule has 1 heterocycles. The van der Waals surface area contributed by atoms with Gasteiger partial charge < -0.3 is 14.2 Å². The third-order valence-corrected chi connectivity index (χ3v) is 5.67. The second-order valence-electron chi connectivity index (χ2n) is 9.24. The van der Waals surface area contributed by atoms with Crippen LogP contribution >= 0.6 is 0 Å². The number of hydrogen-bond acceptors (Lipinski definition) is 5. The number of hydrogen-bond donors (Lipinski definition) is 0. The van der Waals surface area contributed by atoms with Gasteiger partial charge in [0.1, 0.15) is 11.6 Å². The van der Waals surface area contributed by atoms with Crippen molar-refractivity contribution in [3.63, 3.8) is 0 Å². The summed E-state index contributed by atoms with van der Waals surface area (Å²) in [5.41, 5.74) is 0.720. The Hall–Kier alpha value is -1.92. The number of ether oxygens (including phenoxy) is 3. The minimum absolute atomic E-state index is 0.0544. The molecule has 0 bridgehead atoms. The van der Waals surface area contributed by atoms with E-state index in [1.807, 2.05) is 26.8 Å². The lowest BCUT2D eigenvalue weighted by Gasteiger charge is -2.31. The van der Waals surface area contributed by atoms with Gasteiger partial charge in [0.05, 0.1) is 25.4 Å². The molecule has 0 spiro atoms. The molecule has 1 saturated heterocycles. The molecule has 1 saturated carbocycles. The number of nitrogens with zero attached hydrogens (tertiary/aromatic N) is 1. The van der Waals surface area contributed by atoms with Gasteiger partial charge in [0.2, 0.25) is 0 Å². The van der Waals surface area contributed by atoms with Crippen molar-refractivity contribution in [3.05, 3.63) is 35.9 Å². The molecule has 1 aromatic rings. The summed E-state index contributed by atoms with van der Waals surface area (Å²) in [6.07, 6.45) is 5.04. The molecular weight excluding hydrogens is 382 g/mol. The lowest BCUT2D eigenvalue weighted by molar-refractivity contribution is -0.123. The van der Waals surface area contributed by atoms with Crippen LogP contribution in [0.25, 0.3) is 0 Å². The topological polar surface area (TPSA) is 65.1 Å². The average molecular weight is 418 g/mol. The third kappa shape index (κ3) is 6.81. The summed E-state index contributed by atoms with van der Waals surface area (Å²) in [5, 5.41) is 0. The average Bonchev–Trinajstić information content (AvgIpc) is 3.07. The Bertz CT molecular complexity index is 691. The fraction of sp³-hybridized carbons (Fsp3) is 0.667. The summed E-state index contributed by atoms with van der Waals surface area (Å²) >= 11 is 0. The molecular formula is C24H35NO5. The minimum Gasteiger partial charge on any atom is -0.444 e. The Kier molecular flexibility index (Phi) is 7.89. The fourth-order valence-electron chi connectivity index (χ4n) is 4.03. The lowest BCUT2D eigenvalue weighted by Crippen LogP contribution is -2.44. The monoisotopic (exact) mass is 417 g/mol. The van der Waals surface area contributed by atoms with Gasteiger partial charge in [0.25, 0.3) is 0 Å². The maximum atomic E-state index is 12.4. The van der Waals surface area contributed by atoms with Crippen LogP contribution in [-0.2, 0) is 25.4 Å². The quantitative estimate of drug-likeness (QED) is 0.667. The Morgan fingerprint density at radius 3 is 2.30 bits per heavy atom. The van der Waals surface area contributed by atoms with Gasteiger partial charge in [-0.15, -0.1) is 0 Å². The van der Waals surface area contributed by atoms with Crippen molar-refractivity contribution in [1.82, 2.24) is 4.90 Å². The van der Waals surface area contributed by atoms with E-state index in [-0.39, 0.29) is 24.6 Å². The number of rotatable bonds is 7. The predicted molar refractivity (Wildman–Crippen MR) is 114 cm³/mol. The van der Waals surface area contributed by atoms with E-state index in [4.69, 9.17) is 14.2 Å². The minimum atomic E-state index is -0.576. The zero-order valence-corrected chi connectivity index (χ0v) is 18.5. The lowest BCUT2D eigenvalue weighted by atomic mass is 9.95. The van der Waals surface area contributed by atoms with E-state index < -0.39 is 17.7 Å². The molecule has 166 valence electrons. The zero-order chi connectivity index (χ0) is 21.6. The van der Waals surface area contributed by atoms with E-state index in [0.29, 0.717) is 13.0 Å². The van der Waals surface area contributed by atoms with Crippen molar-refractivity contribution in [1.29, 1.82) is 0 Å². The second kappa shape index (κ2) is 10.4. The molecule has 6 heteroatoms. The first-order chi connectivity index (χ1) is 14.3.